The van der Waals surface area contributed by atoms with Crippen molar-refractivity contribution in [3.63, 3.8) is 0 Å². The van der Waals surface area contributed by atoms with Gasteiger partial charge in [0.25, 0.3) is 0 Å². The minimum atomic E-state index is -0.297. The molecule has 1 saturated heterocycles. The number of hydrogen-bond acceptors (Lipinski definition) is 5. The zero-order valence-electron chi connectivity index (χ0n) is 12.5. The Morgan fingerprint density at radius 3 is 3.00 bits per heavy atom. The number of rotatable bonds is 5. The zero-order chi connectivity index (χ0) is 14.7. The first-order chi connectivity index (χ1) is 10.3. The second kappa shape index (κ2) is 6.43. The second-order valence-corrected chi connectivity index (χ2v) is 5.99. The van der Waals surface area contributed by atoms with E-state index in [0.29, 0.717) is 17.5 Å². The van der Waals surface area contributed by atoms with Gasteiger partial charge < -0.3 is 15.0 Å². The van der Waals surface area contributed by atoms with Gasteiger partial charge in [-0.25, -0.2) is 9.78 Å². The molecule has 2 fully saturated rings. The SMILES string of the molecule is COC(=O)c1ccnc(N(CC2CCCNC2)C2CC2)c1. The highest BCUT2D eigenvalue weighted by molar-refractivity contribution is 5.90. The van der Waals surface area contributed by atoms with Gasteiger partial charge >= 0.3 is 5.97 Å². The van der Waals surface area contributed by atoms with Gasteiger partial charge in [-0.1, -0.05) is 0 Å². The topological polar surface area (TPSA) is 54.5 Å². The summed E-state index contributed by atoms with van der Waals surface area (Å²) in [6.45, 7) is 3.24. The molecule has 1 aliphatic carbocycles. The van der Waals surface area contributed by atoms with Crippen molar-refractivity contribution in [3.05, 3.63) is 23.9 Å². The Balaban J connectivity index is 1.75. The van der Waals surface area contributed by atoms with Gasteiger partial charge in [-0.15, -0.1) is 0 Å². The molecular formula is C16H23N3O2. The summed E-state index contributed by atoms with van der Waals surface area (Å²) in [6, 6.07) is 4.16. The Morgan fingerprint density at radius 1 is 1.48 bits per heavy atom. The summed E-state index contributed by atoms with van der Waals surface area (Å²) in [7, 11) is 1.41. The number of carbonyl (C=O) groups is 1. The number of ether oxygens (including phenoxy) is 1. The van der Waals surface area contributed by atoms with Crippen LogP contribution in [0, 0.1) is 5.92 Å². The molecule has 1 aromatic rings. The van der Waals surface area contributed by atoms with E-state index in [1.807, 2.05) is 6.07 Å². The third kappa shape index (κ3) is 3.53. The van der Waals surface area contributed by atoms with Crippen molar-refractivity contribution in [2.75, 3.05) is 31.6 Å². The lowest BCUT2D eigenvalue weighted by atomic mass is 9.99. The van der Waals surface area contributed by atoms with E-state index in [1.54, 1.807) is 12.3 Å². The average Bonchev–Trinajstić information content (AvgIpc) is 3.38. The fraction of sp³-hybridized carbons (Fsp3) is 0.625. The molecule has 0 bridgehead atoms. The van der Waals surface area contributed by atoms with Crippen LogP contribution in [0.15, 0.2) is 18.3 Å². The van der Waals surface area contributed by atoms with Crippen molar-refractivity contribution in [2.45, 2.75) is 31.7 Å². The average molecular weight is 289 g/mol. The first kappa shape index (κ1) is 14.3. The smallest absolute Gasteiger partial charge is 0.338 e. The summed E-state index contributed by atoms with van der Waals surface area (Å²) in [5.41, 5.74) is 0.579. The molecule has 1 unspecified atom stereocenters. The first-order valence-corrected chi connectivity index (χ1v) is 7.79. The molecule has 0 amide bonds. The van der Waals surface area contributed by atoms with Crippen LogP contribution in [0.4, 0.5) is 5.82 Å². The lowest BCUT2D eigenvalue weighted by molar-refractivity contribution is 0.0600. The maximum Gasteiger partial charge on any atom is 0.338 e. The lowest BCUT2D eigenvalue weighted by Crippen LogP contribution is -2.39. The van der Waals surface area contributed by atoms with Crippen LogP contribution in [0.3, 0.4) is 0 Å². The molecular weight excluding hydrogens is 266 g/mol. The summed E-state index contributed by atoms with van der Waals surface area (Å²) in [5.74, 6) is 1.28. The predicted octanol–water partition coefficient (Wildman–Crippen LogP) is 1.84. The molecule has 1 aliphatic heterocycles. The highest BCUT2D eigenvalue weighted by Crippen LogP contribution is 2.32. The second-order valence-electron chi connectivity index (χ2n) is 5.99. The number of anilines is 1. The molecule has 3 rings (SSSR count). The molecule has 114 valence electrons. The fourth-order valence-electron chi connectivity index (χ4n) is 2.99. The maximum atomic E-state index is 11.7. The van der Waals surface area contributed by atoms with Crippen LogP contribution in [0.2, 0.25) is 0 Å². The van der Waals surface area contributed by atoms with Gasteiger partial charge in [0, 0.05) is 18.8 Å². The van der Waals surface area contributed by atoms with E-state index in [1.165, 1.54) is 32.8 Å². The third-order valence-electron chi connectivity index (χ3n) is 4.30. The van der Waals surface area contributed by atoms with Crippen LogP contribution in [-0.4, -0.2) is 43.7 Å². The van der Waals surface area contributed by atoms with Crippen molar-refractivity contribution in [1.29, 1.82) is 0 Å². The Hall–Kier alpha value is -1.62. The predicted molar refractivity (Wildman–Crippen MR) is 81.5 cm³/mol. The number of methoxy groups -OCH3 is 1. The Labute approximate surface area is 125 Å². The Bertz CT molecular complexity index is 496. The molecule has 0 aromatic carbocycles. The summed E-state index contributed by atoms with van der Waals surface area (Å²) in [5, 5.41) is 3.47. The molecule has 0 spiro atoms. The number of carbonyl (C=O) groups excluding carboxylic acids is 1. The number of nitrogens with zero attached hydrogens (tertiary/aromatic N) is 2. The van der Waals surface area contributed by atoms with Gasteiger partial charge in [0.2, 0.25) is 0 Å². The largest absolute Gasteiger partial charge is 0.465 e. The van der Waals surface area contributed by atoms with E-state index in [2.05, 4.69) is 15.2 Å². The molecule has 1 atom stereocenters. The normalized spacial score (nSPS) is 21.9. The Kier molecular flexibility index (Phi) is 4.39. The van der Waals surface area contributed by atoms with Crippen molar-refractivity contribution < 1.29 is 9.53 Å². The van der Waals surface area contributed by atoms with E-state index < -0.39 is 0 Å². The van der Waals surface area contributed by atoms with Gasteiger partial charge in [-0.05, 0) is 56.8 Å². The number of hydrogen-bond donors (Lipinski definition) is 1. The van der Waals surface area contributed by atoms with E-state index in [4.69, 9.17) is 4.74 Å². The minimum Gasteiger partial charge on any atom is -0.465 e. The van der Waals surface area contributed by atoms with E-state index >= 15 is 0 Å². The van der Waals surface area contributed by atoms with E-state index in [0.717, 1.165) is 25.5 Å². The lowest BCUT2D eigenvalue weighted by Gasteiger charge is -2.31. The van der Waals surface area contributed by atoms with Crippen molar-refractivity contribution in [2.24, 2.45) is 5.92 Å². The van der Waals surface area contributed by atoms with E-state index in [9.17, 15) is 4.79 Å². The molecule has 5 nitrogen and oxygen atoms in total. The molecule has 2 heterocycles. The Morgan fingerprint density at radius 2 is 2.33 bits per heavy atom. The first-order valence-electron chi connectivity index (χ1n) is 7.79. The molecule has 0 radical (unpaired) electrons. The summed E-state index contributed by atoms with van der Waals surface area (Å²) in [6.07, 6.45) is 6.68. The summed E-state index contributed by atoms with van der Waals surface area (Å²) in [4.78, 5) is 18.5. The number of aromatic nitrogens is 1. The highest BCUT2D eigenvalue weighted by Gasteiger charge is 2.32. The van der Waals surface area contributed by atoms with Crippen molar-refractivity contribution >= 4 is 11.8 Å². The minimum absolute atomic E-state index is 0.297. The number of piperidine rings is 1. The third-order valence-corrected chi connectivity index (χ3v) is 4.30. The maximum absolute atomic E-state index is 11.7. The number of esters is 1. The molecule has 1 saturated carbocycles. The molecule has 1 aromatic heterocycles. The van der Waals surface area contributed by atoms with Crippen LogP contribution in [0.25, 0.3) is 0 Å². The van der Waals surface area contributed by atoms with Gasteiger partial charge in [-0.3, -0.25) is 0 Å². The highest BCUT2D eigenvalue weighted by atomic mass is 16.5. The number of pyridine rings is 1. The van der Waals surface area contributed by atoms with Crippen molar-refractivity contribution in [1.82, 2.24) is 10.3 Å². The van der Waals surface area contributed by atoms with Crippen LogP contribution in [-0.2, 0) is 4.74 Å². The van der Waals surface area contributed by atoms with Gasteiger partial charge in [0.1, 0.15) is 5.82 Å². The molecule has 1 N–H and O–H groups in total. The fourth-order valence-corrected chi connectivity index (χ4v) is 2.99. The molecule has 21 heavy (non-hydrogen) atoms. The van der Waals surface area contributed by atoms with Crippen LogP contribution in [0.5, 0.6) is 0 Å². The zero-order valence-corrected chi connectivity index (χ0v) is 12.5. The van der Waals surface area contributed by atoms with Gasteiger partial charge in [0.15, 0.2) is 0 Å². The van der Waals surface area contributed by atoms with E-state index in [-0.39, 0.29) is 5.97 Å². The monoisotopic (exact) mass is 289 g/mol. The summed E-state index contributed by atoms with van der Waals surface area (Å²) >= 11 is 0. The summed E-state index contributed by atoms with van der Waals surface area (Å²) < 4.78 is 4.80. The standard InChI is InChI=1S/C16H23N3O2/c1-21-16(20)13-6-8-18-15(9-13)19(14-4-5-14)11-12-3-2-7-17-10-12/h6,8-9,12,14,17H,2-5,7,10-11H2,1H3. The van der Waals surface area contributed by atoms with Crippen LogP contribution in [0.1, 0.15) is 36.0 Å². The number of nitrogens with one attached hydrogen (secondary N) is 1. The van der Waals surface area contributed by atoms with Gasteiger partial charge in [-0.2, -0.15) is 0 Å². The van der Waals surface area contributed by atoms with Gasteiger partial charge in [0.05, 0.1) is 12.7 Å². The van der Waals surface area contributed by atoms with Crippen molar-refractivity contribution in [3.8, 4) is 0 Å². The molecule has 5 heteroatoms. The van der Waals surface area contributed by atoms with Crippen LogP contribution < -0.4 is 10.2 Å². The quantitative estimate of drug-likeness (QED) is 0.838. The molecule has 2 aliphatic rings. The van der Waals surface area contributed by atoms with Crippen LogP contribution >= 0.6 is 0 Å².